The van der Waals surface area contributed by atoms with Crippen LogP contribution in [0.25, 0.3) is 5.70 Å². The molecule has 0 N–H and O–H groups in total. The third-order valence-corrected chi connectivity index (χ3v) is 9.17. The highest BCUT2D eigenvalue weighted by Crippen LogP contribution is 2.66. The fraction of sp³-hybridized carbons (Fsp3) is 0.640. The van der Waals surface area contributed by atoms with Crippen LogP contribution < -0.4 is 0 Å². The van der Waals surface area contributed by atoms with E-state index in [1.165, 1.54) is 44.2 Å². The second-order valence-corrected chi connectivity index (χ2v) is 10.2. The average molecular weight is 364 g/mol. The third kappa shape index (κ3) is 2.41. The Labute approximate surface area is 163 Å². The molecule has 1 aromatic rings. The summed E-state index contributed by atoms with van der Waals surface area (Å²) < 4.78 is 2.29. The predicted molar refractivity (Wildman–Crippen MR) is 110 cm³/mol. The molecule has 0 radical (unpaired) electrons. The largest absolute Gasteiger partial charge is 0.328 e. The molecule has 27 heavy (non-hydrogen) atoms. The summed E-state index contributed by atoms with van der Waals surface area (Å²) in [5.74, 6) is 3.07. The molecule has 0 aromatic carbocycles. The number of fused-ring (bicyclic) bond motifs is 5. The highest BCUT2D eigenvalue weighted by atomic mass is 16.1. The maximum absolute atomic E-state index is 12.3. The summed E-state index contributed by atoms with van der Waals surface area (Å²) in [6, 6.07) is 4.24. The molecular formula is C25H33NO. The summed E-state index contributed by atoms with van der Waals surface area (Å²) in [5, 5.41) is 0. The van der Waals surface area contributed by atoms with Gasteiger partial charge in [0.2, 0.25) is 0 Å². The van der Waals surface area contributed by atoms with Crippen molar-refractivity contribution in [3.63, 3.8) is 0 Å². The summed E-state index contributed by atoms with van der Waals surface area (Å²) in [7, 11) is 0. The maximum Gasteiger partial charge on any atom is 0.133 e. The minimum Gasteiger partial charge on any atom is -0.328 e. The van der Waals surface area contributed by atoms with Gasteiger partial charge in [-0.1, -0.05) is 19.9 Å². The summed E-state index contributed by atoms with van der Waals surface area (Å²) in [6.45, 7) is 6.82. The molecule has 6 atom stereocenters. The number of rotatable bonds is 2. The maximum atomic E-state index is 12.3. The van der Waals surface area contributed by atoms with E-state index in [1.54, 1.807) is 5.57 Å². The molecule has 0 saturated heterocycles. The Morgan fingerprint density at radius 3 is 2.59 bits per heavy atom. The summed E-state index contributed by atoms with van der Waals surface area (Å²) in [6.07, 6.45) is 18.0. The smallest absolute Gasteiger partial charge is 0.133 e. The molecule has 5 rings (SSSR count). The number of hydrogen-bond acceptors (Lipinski definition) is 1. The van der Waals surface area contributed by atoms with Crippen molar-refractivity contribution >= 4 is 11.5 Å². The van der Waals surface area contributed by atoms with Crippen LogP contribution in [0.15, 0.2) is 42.3 Å². The van der Waals surface area contributed by atoms with Gasteiger partial charge >= 0.3 is 0 Å². The fourth-order valence-electron chi connectivity index (χ4n) is 7.71. The van der Waals surface area contributed by atoms with Gasteiger partial charge in [-0.05, 0) is 104 Å². The third-order valence-electron chi connectivity index (χ3n) is 9.17. The van der Waals surface area contributed by atoms with Gasteiger partial charge in [-0.3, -0.25) is 4.79 Å². The van der Waals surface area contributed by atoms with Crippen LogP contribution >= 0.6 is 0 Å². The van der Waals surface area contributed by atoms with E-state index in [4.69, 9.17) is 0 Å². The molecule has 1 aromatic heterocycles. The van der Waals surface area contributed by atoms with Crippen LogP contribution in [0.1, 0.15) is 65.7 Å². The van der Waals surface area contributed by atoms with E-state index < -0.39 is 0 Å². The Balaban J connectivity index is 1.48. The number of hydrogen-bond donors (Lipinski definition) is 0. The van der Waals surface area contributed by atoms with Gasteiger partial charge in [0.15, 0.2) is 0 Å². The van der Waals surface area contributed by atoms with Gasteiger partial charge in [0.1, 0.15) is 5.78 Å². The lowest BCUT2D eigenvalue weighted by atomic mass is 9.48. The number of carbonyl (C=O) groups excluding carboxylic acids is 1. The Hall–Kier alpha value is -1.57. The summed E-state index contributed by atoms with van der Waals surface area (Å²) >= 11 is 0. The van der Waals surface area contributed by atoms with Gasteiger partial charge in [0.05, 0.1) is 0 Å². The lowest BCUT2D eigenvalue weighted by Gasteiger charge is -2.57. The zero-order valence-electron chi connectivity index (χ0n) is 17.1. The number of Topliss-reactive ketones (excluding diaryl/α,β-unsaturated/α-hetero) is 1. The van der Waals surface area contributed by atoms with Gasteiger partial charge in [0, 0.05) is 24.0 Å². The van der Waals surface area contributed by atoms with Crippen LogP contribution in [-0.4, -0.2) is 10.4 Å². The number of nitrogens with zero attached hydrogens (tertiary/aromatic N) is 1. The molecule has 144 valence electrons. The minimum atomic E-state index is 0.259. The standard InChI is InChI=1S/C25H33NO/c1-17(27)21-8-9-22-20-7-6-18-16-19(26-14-4-5-15-26)10-12-24(18,2)23(20)11-13-25(21,22)3/h4-6,14-16,20-23H,7-13H2,1-3H3. The van der Waals surface area contributed by atoms with E-state index in [-0.39, 0.29) is 5.41 Å². The van der Waals surface area contributed by atoms with Crippen molar-refractivity contribution in [2.75, 3.05) is 0 Å². The Kier molecular flexibility index (Phi) is 3.87. The minimum absolute atomic E-state index is 0.259. The second-order valence-electron chi connectivity index (χ2n) is 10.2. The molecule has 2 heteroatoms. The lowest BCUT2D eigenvalue weighted by molar-refractivity contribution is -0.127. The van der Waals surface area contributed by atoms with Gasteiger partial charge in [-0.2, -0.15) is 0 Å². The van der Waals surface area contributed by atoms with Crippen molar-refractivity contribution in [3.05, 3.63) is 42.3 Å². The van der Waals surface area contributed by atoms with E-state index in [9.17, 15) is 4.79 Å². The van der Waals surface area contributed by atoms with Gasteiger partial charge in [-0.25, -0.2) is 0 Å². The molecule has 4 aliphatic carbocycles. The van der Waals surface area contributed by atoms with Crippen molar-refractivity contribution in [2.45, 2.75) is 65.7 Å². The SMILES string of the molecule is CC(=O)C1CCC2C3CC=C4C=C(n5cccc5)CCC4(C)C3CCC12C. The quantitative estimate of drug-likeness (QED) is 0.621. The first-order valence-electron chi connectivity index (χ1n) is 11.0. The van der Waals surface area contributed by atoms with E-state index in [0.29, 0.717) is 17.1 Å². The molecule has 0 amide bonds. The fourth-order valence-corrected chi connectivity index (χ4v) is 7.71. The Morgan fingerprint density at radius 2 is 1.85 bits per heavy atom. The Bertz CT molecular complexity index is 815. The number of ketones is 1. The monoisotopic (exact) mass is 363 g/mol. The van der Waals surface area contributed by atoms with Gasteiger partial charge in [0.25, 0.3) is 0 Å². The Morgan fingerprint density at radius 1 is 1.07 bits per heavy atom. The van der Waals surface area contributed by atoms with Gasteiger partial charge < -0.3 is 4.57 Å². The summed E-state index contributed by atoms with van der Waals surface area (Å²) in [4.78, 5) is 12.3. The van der Waals surface area contributed by atoms with Crippen molar-refractivity contribution in [1.29, 1.82) is 0 Å². The normalized spacial score (nSPS) is 43.2. The number of aromatic nitrogens is 1. The predicted octanol–water partition coefficient (Wildman–Crippen LogP) is 6.11. The second kappa shape index (κ2) is 5.96. The zero-order chi connectivity index (χ0) is 18.8. The summed E-state index contributed by atoms with van der Waals surface area (Å²) in [5.41, 5.74) is 3.62. The average Bonchev–Trinajstić information content (AvgIpc) is 3.28. The van der Waals surface area contributed by atoms with Crippen LogP contribution in [0.2, 0.25) is 0 Å². The molecular weight excluding hydrogens is 330 g/mol. The first-order valence-corrected chi connectivity index (χ1v) is 11.0. The molecule has 0 bridgehead atoms. The van der Waals surface area contributed by atoms with Crippen LogP contribution in [0, 0.1) is 34.5 Å². The van der Waals surface area contributed by atoms with E-state index in [2.05, 4.69) is 55.1 Å². The highest BCUT2D eigenvalue weighted by molar-refractivity contribution is 5.79. The number of carbonyl (C=O) groups is 1. The van der Waals surface area contributed by atoms with Crippen LogP contribution in [0.3, 0.4) is 0 Å². The van der Waals surface area contributed by atoms with Crippen LogP contribution in [-0.2, 0) is 4.79 Å². The van der Waals surface area contributed by atoms with Crippen molar-refractivity contribution in [2.24, 2.45) is 34.5 Å². The van der Waals surface area contributed by atoms with Crippen molar-refractivity contribution < 1.29 is 4.79 Å². The van der Waals surface area contributed by atoms with Gasteiger partial charge in [-0.15, -0.1) is 0 Å². The van der Waals surface area contributed by atoms with Crippen molar-refractivity contribution in [3.8, 4) is 0 Å². The molecule has 0 spiro atoms. The molecule has 2 saturated carbocycles. The topological polar surface area (TPSA) is 22.0 Å². The lowest BCUT2D eigenvalue weighted by Crippen LogP contribution is -2.49. The van der Waals surface area contributed by atoms with Crippen molar-refractivity contribution in [1.82, 2.24) is 4.57 Å². The molecule has 0 aliphatic heterocycles. The van der Waals surface area contributed by atoms with E-state index >= 15 is 0 Å². The molecule has 6 unspecified atom stereocenters. The first kappa shape index (κ1) is 17.5. The van der Waals surface area contributed by atoms with E-state index in [1.807, 2.05) is 6.92 Å². The molecule has 4 aliphatic rings. The van der Waals surface area contributed by atoms with Crippen LogP contribution in [0.4, 0.5) is 0 Å². The highest BCUT2D eigenvalue weighted by Gasteiger charge is 2.58. The first-order chi connectivity index (χ1) is 12.9. The number of allylic oxidation sites excluding steroid dienone is 4. The van der Waals surface area contributed by atoms with E-state index in [0.717, 1.165) is 24.2 Å². The van der Waals surface area contributed by atoms with Crippen LogP contribution in [0.5, 0.6) is 0 Å². The molecule has 1 heterocycles. The molecule has 2 nitrogen and oxygen atoms in total. The zero-order valence-corrected chi connectivity index (χ0v) is 17.1. The molecule has 2 fully saturated rings.